The number of rotatable bonds is 9. The number of carboxylic acids is 1. The Balaban J connectivity index is 2.20. The standard InChI is InChI=1S/C15H23NO4S/c1-10(2)8-11(3)20-7-6-14(17)16-9-12-4-5-13(21-12)15(18)19/h4-5,10-11H,6-9H2,1-3H3,(H,16,17)(H,18,19). The monoisotopic (exact) mass is 313 g/mol. The van der Waals surface area contributed by atoms with E-state index >= 15 is 0 Å². The van der Waals surface area contributed by atoms with E-state index in [4.69, 9.17) is 9.84 Å². The molecule has 0 radical (unpaired) electrons. The number of carboxylic acid groups (broad SMARTS) is 1. The molecule has 0 aliphatic rings. The maximum absolute atomic E-state index is 11.7. The summed E-state index contributed by atoms with van der Waals surface area (Å²) in [5.41, 5.74) is 0. The molecule has 1 rings (SSSR count). The lowest BCUT2D eigenvalue weighted by Crippen LogP contribution is -2.24. The van der Waals surface area contributed by atoms with E-state index in [1.54, 1.807) is 12.1 Å². The first kappa shape index (κ1) is 17.7. The number of hydrogen-bond donors (Lipinski definition) is 2. The topological polar surface area (TPSA) is 75.6 Å². The zero-order valence-corrected chi connectivity index (χ0v) is 13.5. The minimum Gasteiger partial charge on any atom is -0.477 e. The Bertz CT molecular complexity index is 470. The van der Waals surface area contributed by atoms with Crippen molar-refractivity contribution in [1.82, 2.24) is 5.32 Å². The second-order valence-corrected chi connectivity index (χ2v) is 6.58. The molecule has 1 aromatic heterocycles. The molecule has 0 aliphatic carbocycles. The fraction of sp³-hybridized carbons (Fsp3) is 0.600. The highest BCUT2D eigenvalue weighted by Crippen LogP contribution is 2.16. The molecule has 0 aromatic carbocycles. The highest BCUT2D eigenvalue weighted by molar-refractivity contribution is 7.13. The number of carbonyl (C=O) groups excluding carboxylic acids is 1. The summed E-state index contributed by atoms with van der Waals surface area (Å²) in [4.78, 5) is 23.5. The van der Waals surface area contributed by atoms with Crippen molar-refractivity contribution in [3.63, 3.8) is 0 Å². The molecule has 1 amide bonds. The first-order chi connectivity index (χ1) is 9.88. The maximum Gasteiger partial charge on any atom is 0.345 e. The second kappa shape index (κ2) is 8.79. The Hall–Kier alpha value is -1.40. The van der Waals surface area contributed by atoms with Gasteiger partial charge in [0, 0.05) is 11.3 Å². The molecule has 0 fully saturated rings. The van der Waals surface area contributed by atoms with Crippen LogP contribution in [0.2, 0.25) is 0 Å². The van der Waals surface area contributed by atoms with Gasteiger partial charge in [0.1, 0.15) is 4.88 Å². The number of amides is 1. The van der Waals surface area contributed by atoms with Gasteiger partial charge in [-0.25, -0.2) is 4.79 Å². The van der Waals surface area contributed by atoms with Gasteiger partial charge in [0.15, 0.2) is 0 Å². The summed E-state index contributed by atoms with van der Waals surface area (Å²) in [5.74, 6) is -0.446. The summed E-state index contributed by atoms with van der Waals surface area (Å²) >= 11 is 1.17. The van der Waals surface area contributed by atoms with E-state index in [9.17, 15) is 9.59 Å². The van der Waals surface area contributed by atoms with Gasteiger partial charge in [-0.1, -0.05) is 13.8 Å². The first-order valence-corrected chi connectivity index (χ1v) is 7.90. The van der Waals surface area contributed by atoms with Crippen molar-refractivity contribution in [3.8, 4) is 0 Å². The van der Waals surface area contributed by atoms with Crippen LogP contribution in [0.5, 0.6) is 0 Å². The molecule has 0 saturated heterocycles. The predicted molar refractivity (Wildman–Crippen MR) is 82.6 cm³/mol. The maximum atomic E-state index is 11.7. The minimum atomic E-state index is -0.940. The Morgan fingerprint density at radius 3 is 2.62 bits per heavy atom. The lowest BCUT2D eigenvalue weighted by atomic mass is 10.1. The lowest BCUT2D eigenvalue weighted by molar-refractivity contribution is -0.122. The highest BCUT2D eigenvalue weighted by atomic mass is 32.1. The van der Waals surface area contributed by atoms with Gasteiger partial charge < -0.3 is 15.2 Å². The van der Waals surface area contributed by atoms with Crippen LogP contribution >= 0.6 is 11.3 Å². The molecule has 0 aliphatic heterocycles. The van der Waals surface area contributed by atoms with Gasteiger partial charge in [-0.05, 0) is 31.4 Å². The van der Waals surface area contributed by atoms with E-state index < -0.39 is 5.97 Å². The van der Waals surface area contributed by atoms with Gasteiger partial charge >= 0.3 is 5.97 Å². The average molecular weight is 313 g/mol. The molecule has 1 atom stereocenters. The van der Waals surface area contributed by atoms with Crippen LogP contribution in [0.3, 0.4) is 0 Å². The number of thiophene rings is 1. The minimum absolute atomic E-state index is 0.0861. The summed E-state index contributed by atoms with van der Waals surface area (Å²) in [5, 5.41) is 11.6. The van der Waals surface area contributed by atoms with E-state index in [0.29, 0.717) is 25.5 Å². The molecular formula is C15H23NO4S. The third-order valence-electron chi connectivity index (χ3n) is 2.87. The Morgan fingerprint density at radius 1 is 1.33 bits per heavy atom. The molecule has 5 nitrogen and oxygen atoms in total. The van der Waals surface area contributed by atoms with Gasteiger partial charge in [0.25, 0.3) is 0 Å². The SMILES string of the molecule is CC(C)CC(C)OCCC(=O)NCc1ccc(C(=O)O)s1. The number of hydrogen-bond acceptors (Lipinski definition) is 4. The van der Waals surface area contributed by atoms with Crippen LogP contribution in [0.15, 0.2) is 12.1 Å². The van der Waals surface area contributed by atoms with Crippen LogP contribution in [0, 0.1) is 5.92 Å². The average Bonchev–Trinajstić information content (AvgIpc) is 2.84. The van der Waals surface area contributed by atoms with E-state index in [2.05, 4.69) is 19.2 Å². The fourth-order valence-electron chi connectivity index (χ4n) is 1.95. The molecular weight excluding hydrogens is 290 g/mol. The Labute approximate surface area is 129 Å². The van der Waals surface area contributed by atoms with Crippen molar-refractivity contribution in [2.24, 2.45) is 5.92 Å². The molecule has 0 bridgehead atoms. The normalized spacial score (nSPS) is 12.4. The third-order valence-corrected chi connectivity index (χ3v) is 3.94. The van der Waals surface area contributed by atoms with Crippen molar-refractivity contribution in [3.05, 3.63) is 21.9 Å². The molecule has 0 saturated carbocycles. The lowest BCUT2D eigenvalue weighted by Gasteiger charge is -2.14. The third kappa shape index (κ3) is 7.24. The van der Waals surface area contributed by atoms with Crippen molar-refractivity contribution >= 4 is 23.2 Å². The predicted octanol–water partition coefficient (Wildman–Crippen LogP) is 2.90. The van der Waals surface area contributed by atoms with Gasteiger partial charge in [0.05, 0.1) is 19.3 Å². The number of ether oxygens (including phenoxy) is 1. The Kier molecular flexibility index (Phi) is 7.39. The largest absolute Gasteiger partial charge is 0.477 e. The highest BCUT2D eigenvalue weighted by Gasteiger charge is 2.09. The molecule has 1 unspecified atom stereocenters. The zero-order valence-electron chi connectivity index (χ0n) is 12.7. The van der Waals surface area contributed by atoms with Crippen LogP contribution in [-0.2, 0) is 16.1 Å². The van der Waals surface area contributed by atoms with Crippen molar-refractivity contribution in [2.45, 2.75) is 46.3 Å². The summed E-state index contributed by atoms with van der Waals surface area (Å²) in [7, 11) is 0. The second-order valence-electron chi connectivity index (χ2n) is 5.41. The van der Waals surface area contributed by atoms with Crippen molar-refractivity contribution in [2.75, 3.05) is 6.61 Å². The van der Waals surface area contributed by atoms with Gasteiger partial charge in [-0.3, -0.25) is 4.79 Å². The van der Waals surface area contributed by atoms with E-state index in [-0.39, 0.29) is 16.9 Å². The van der Waals surface area contributed by atoms with Crippen molar-refractivity contribution < 1.29 is 19.4 Å². The summed E-state index contributed by atoms with van der Waals surface area (Å²) in [6.07, 6.45) is 1.46. The van der Waals surface area contributed by atoms with Crippen LogP contribution < -0.4 is 5.32 Å². The molecule has 1 heterocycles. The zero-order chi connectivity index (χ0) is 15.8. The van der Waals surface area contributed by atoms with Crippen LogP contribution in [0.25, 0.3) is 0 Å². The smallest absolute Gasteiger partial charge is 0.345 e. The van der Waals surface area contributed by atoms with Gasteiger partial charge in [-0.2, -0.15) is 0 Å². The summed E-state index contributed by atoms with van der Waals surface area (Å²) in [6.45, 7) is 7.05. The molecule has 21 heavy (non-hydrogen) atoms. The number of carbonyl (C=O) groups is 2. The van der Waals surface area contributed by atoms with Crippen LogP contribution in [0.4, 0.5) is 0 Å². The summed E-state index contributed by atoms with van der Waals surface area (Å²) in [6, 6.07) is 3.26. The van der Waals surface area contributed by atoms with Crippen molar-refractivity contribution in [1.29, 1.82) is 0 Å². The van der Waals surface area contributed by atoms with Crippen LogP contribution in [-0.4, -0.2) is 29.7 Å². The van der Waals surface area contributed by atoms with E-state index in [0.717, 1.165) is 11.3 Å². The molecule has 1 aromatic rings. The first-order valence-electron chi connectivity index (χ1n) is 7.08. The fourth-order valence-corrected chi connectivity index (χ4v) is 2.73. The molecule has 0 spiro atoms. The molecule has 2 N–H and O–H groups in total. The molecule has 118 valence electrons. The number of nitrogens with one attached hydrogen (secondary N) is 1. The number of aromatic carboxylic acids is 1. The van der Waals surface area contributed by atoms with Gasteiger partial charge in [0.2, 0.25) is 5.91 Å². The van der Waals surface area contributed by atoms with E-state index in [1.807, 2.05) is 6.92 Å². The Morgan fingerprint density at radius 2 is 2.05 bits per heavy atom. The molecule has 6 heteroatoms. The van der Waals surface area contributed by atoms with Crippen LogP contribution in [0.1, 0.15) is 48.2 Å². The van der Waals surface area contributed by atoms with E-state index in [1.165, 1.54) is 11.3 Å². The summed E-state index contributed by atoms with van der Waals surface area (Å²) < 4.78 is 5.58. The van der Waals surface area contributed by atoms with Gasteiger partial charge in [-0.15, -0.1) is 11.3 Å². The quantitative estimate of drug-likeness (QED) is 0.735.